The van der Waals surface area contributed by atoms with E-state index in [-0.39, 0.29) is 4.32 Å². The quantitative estimate of drug-likeness (QED) is 0.426. The second-order valence-corrected chi connectivity index (χ2v) is 7.23. The molecule has 0 unspecified atom stereocenters. The van der Waals surface area contributed by atoms with Crippen LogP contribution in [0, 0.1) is 0 Å². The molecule has 2 amide bonds. The topological polar surface area (TPSA) is 37.4 Å². The van der Waals surface area contributed by atoms with Gasteiger partial charge in [0.25, 0.3) is 11.8 Å². The lowest BCUT2D eigenvalue weighted by atomic mass is 10.2. The van der Waals surface area contributed by atoms with E-state index in [1.54, 1.807) is 36.4 Å². The Morgan fingerprint density at radius 1 is 1.08 bits per heavy atom. The Morgan fingerprint density at radius 3 is 2.44 bits per heavy atom. The molecular weight excluding hydrogens is 374 g/mol. The molecule has 2 aromatic carbocycles. The van der Waals surface area contributed by atoms with E-state index in [9.17, 15) is 9.59 Å². The second-order valence-electron chi connectivity index (χ2n) is 5.12. The summed E-state index contributed by atoms with van der Waals surface area (Å²) in [6, 6.07) is 16.1. The van der Waals surface area contributed by atoms with Crippen LogP contribution in [0.4, 0.5) is 0 Å². The Labute approximate surface area is 160 Å². The molecule has 0 spiro atoms. The van der Waals surface area contributed by atoms with Gasteiger partial charge in [-0.25, -0.2) is 4.90 Å². The number of imide groups is 1. The lowest BCUT2D eigenvalue weighted by Crippen LogP contribution is -2.34. The number of hydrogen-bond acceptors (Lipinski definition) is 4. The Bertz CT molecular complexity index is 889. The fraction of sp³-hybridized carbons (Fsp3) is 0. The molecule has 1 aliphatic heterocycles. The van der Waals surface area contributed by atoms with Crippen LogP contribution >= 0.6 is 35.6 Å². The first-order valence-electron chi connectivity index (χ1n) is 7.36. The maximum Gasteiger partial charge on any atom is 0.273 e. The van der Waals surface area contributed by atoms with Gasteiger partial charge in [0.05, 0.1) is 4.91 Å². The van der Waals surface area contributed by atoms with Gasteiger partial charge in [0.2, 0.25) is 0 Å². The number of allylic oxidation sites excluding steroid dienone is 2. The van der Waals surface area contributed by atoms with Gasteiger partial charge in [-0.15, -0.1) is 0 Å². The molecule has 1 heterocycles. The van der Waals surface area contributed by atoms with Crippen molar-refractivity contribution < 1.29 is 9.59 Å². The third kappa shape index (κ3) is 4.07. The zero-order chi connectivity index (χ0) is 17.8. The van der Waals surface area contributed by atoms with E-state index in [4.69, 9.17) is 23.8 Å². The molecule has 1 fully saturated rings. The van der Waals surface area contributed by atoms with E-state index < -0.39 is 11.8 Å². The van der Waals surface area contributed by atoms with Gasteiger partial charge in [-0.1, -0.05) is 78.1 Å². The fourth-order valence-electron chi connectivity index (χ4n) is 2.19. The number of hydrogen-bond donors (Lipinski definition) is 0. The van der Waals surface area contributed by atoms with Crippen molar-refractivity contribution in [2.75, 3.05) is 0 Å². The van der Waals surface area contributed by atoms with E-state index in [1.165, 1.54) is 0 Å². The third-order valence-corrected chi connectivity index (χ3v) is 5.00. The monoisotopic (exact) mass is 385 g/mol. The van der Waals surface area contributed by atoms with Gasteiger partial charge in [0.1, 0.15) is 0 Å². The summed E-state index contributed by atoms with van der Waals surface area (Å²) in [5, 5.41) is 0.521. The first-order chi connectivity index (χ1) is 12.1. The maximum atomic E-state index is 12.5. The number of amides is 2. The van der Waals surface area contributed by atoms with E-state index >= 15 is 0 Å². The standard InChI is InChI=1S/C19H12ClNO2S2/c20-15-11-9-14(10-12-15)17(22)21-18(23)16(25-19(21)24)8-4-7-13-5-2-1-3-6-13/h1-12H/b7-4+,16-8+. The highest BCUT2D eigenvalue weighted by Gasteiger charge is 2.36. The lowest BCUT2D eigenvalue weighted by molar-refractivity contribution is -0.120. The Hall–Kier alpha value is -2.21. The predicted molar refractivity (Wildman–Crippen MR) is 106 cm³/mol. The van der Waals surface area contributed by atoms with Crippen LogP contribution in [0.15, 0.2) is 71.7 Å². The smallest absolute Gasteiger partial charge is 0.268 e. The van der Waals surface area contributed by atoms with Crippen LogP contribution in [0.1, 0.15) is 15.9 Å². The minimum atomic E-state index is -0.449. The fourth-order valence-corrected chi connectivity index (χ4v) is 3.52. The Morgan fingerprint density at radius 2 is 1.76 bits per heavy atom. The third-order valence-electron chi connectivity index (χ3n) is 3.42. The van der Waals surface area contributed by atoms with Crippen molar-refractivity contribution in [1.82, 2.24) is 4.90 Å². The first-order valence-corrected chi connectivity index (χ1v) is 8.96. The van der Waals surface area contributed by atoms with Crippen molar-refractivity contribution in [3.8, 4) is 0 Å². The van der Waals surface area contributed by atoms with Crippen molar-refractivity contribution in [2.45, 2.75) is 0 Å². The van der Waals surface area contributed by atoms with Crippen LogP contribution in [0.2, 0.25) is 5.02 Å². The molecule has 0 saturated carbocycles. The largest absolute Gasteiger partial charge is 0.273 e. The summed E-state index contributed by atoms with van der Waals surface area (Å²) in [6.07, 6.45) is 5.32. The maximum absolute atomic E-state index is 12.5. The molecule has 6 heteroatoms. The summed E-state index contributed by atoms with van der Waals surface area (Å²) in [5.74, 6) is -0.859. The molecule has 3 nitrogen and oxygen atoms in total. The number of carbonyl (C=O) groups excluding carboxylic acids is 2. The molecule has 0 aromatic heterocycles. The Kier molecular flexibility index (Phi) is 5.48. The van der Waals surface area contributed by atoms with Crippen molar-refractivity contribution in [1.29, 1.82) is 0 Å². The number of rotatable bonds is 3. The molecule has 2 aromatic rings. The number of halogens is 1. The second kappa shape index (κ2) is 7.78. The zero-order valence-corrected chi connectivity index (χ0v) is 15.3. The predicted octanol–water partition coefficient (Wildman–Crippen LogP) is 4.94. The highest BCUT2D eigenvalue weighted by atomic mass is 35.5. The van der Waals surface area contributed by atoms with Crippen LogP contribution in [0.5, 0.6) is 0 Å². The van der Waals surface area contributed by atoms with E-state index in [0.29, 0.717) is 15.5 Å². The van der Waals surface area contributed by atoms with Gasteiger partial charge in [0, 0.05) is 10.6 Å². The lowest BCUT2D eigenvalue weighted by Gasteiger charge is -2.12. The summed E-state index contributed by atoms with van der Waals surface area (Å²) >= 11 is 12.1. The molecule has 0 aliphatic carbocycles. The van der Waals surface area contributed by atoms with Crippen LogP contribution in [0.3, 0.4) is 0 Å². The van der Waals surface area contributed by atoms with Gasteiger partial charge in [0.15, 0.2) is 4.32 Å². The van der Waals surface area contributed by atoms with E-state index in [1.807, 2.05) is 36.4 Å². The molecule has 0 N–H and O–H groups in total. The minimum Gasteiger partial charge on any atom is -0.268 e. The van der Waals surface area contributed by atoms with Crippen molar-refractivity contribution in [2.24, 2.45) is 0 Å². The van der Waals surface area contributed by atoms with E-state index in [0.717, 1.165) is 22.2 Å². The average Bonchev–Trinajstić information content (AvgIpc) is 2.90. The van der Waals surface area contributed by atoms with Crippen molar-refractivity contribution in [3.05, 3.63) is 87.8 Å². The summed E-state index contributed by atoms with van der Waals surface area (Å²) in [7, 11) is 0. The SMILES string of the molecule is O=C1/C(=C\C=C\c2ccccc2)SC(=S)N1C(=O)c1ccc(Cl)cc1. The van der Waals surface area contributed by atoms with Crippen LogP contribution in [0.25, 0.3) is 6.08 Å². The summed E-state index contributed by atoms with van der Waals surface area (Å²) in [5.41, 5.74) is 1.38. The number of thiocarbonyl (C=S) groups is 1. The molecule has 0 radical (unpaired) electrons. The van der Waals surface area contributed by atoms with E-state index in [2.05, 4.69) is 0 Å². The molecule has 1 saturated heterocycles. The molecule has 0 atom stereocenters. The van der Waals surface area contributed by atoms with Crippen LogP contribution in [-0.4, -0.2) is 21.0 Å². The van der Waals surface area contributed by atoms with Gasteiger partial charge in [-0.05, 0) is 35.9 Å². The van der Waals surface area contributed by atoms with Gasteiger partial charge < -0.3 is 0 Å². The molecule has 1 aliphatic rings. The average molecular weight is 386 g/mol. The summed E-state index contributed by atoms with van der Waals surface area (Å²) in [6.45, 7) is 0. The first kappa shape index (κ1) is 17.6. The number of nitrogens with zero attached hydrogens (tertiary/aromatic N) is 1. The van der Waals surface area contributed by atoms with Crippen LogP contribution in [-0.2, 0) is 4.79 Å². The molecular formula is C19H12ClNO2S2. The minimum absolute atomic E-state index is 0.226. The highest BCUT2D eigenvalue weighted by Crippen LogP contribution is 2.32. The molecule has 25 heavy (non-hydrogen) atoms. The number of carbonyl (C=O) groups is 2. The molecule has 124 valence electrons. The number of benzene rings is 2. The Balaban J connectivity index is 1.78. The van der Waals surface area contributed by atoms with Gasteiger partial charge in [-0.2, -0.15) is 0 Å². The molecule has 0 bridgehead atoms. The zero-order valence-electron chi connectivity index (χ0n) is 12.9. The highest BCUT2D eigenvalue weighted by molar-refractivity contribution is 8.26. The van der Waals surface area contributed by atoms with Gasteiger partial charge in [-0.3, -0.25) is 9.59 Å². The summed E-state index contributed by atoms with van der Waals surface area (Å²) < 4.78 is 0.226. The van der Waals surface area contributed by atoms with Crippen LogP contribution < -0.4 is 0 Å². The van der Waals surface area contributed by atoms with Crippen molar-refractivity contribution in [3.63, 3.8) is 0 Å². The number of thioether (sulfide) groups is 1. The molecule has 3 rings (SSSR count). The summed E-state index contributed by atoms with van der Waals surface area (Å²) in [4.78, 5) is 26.5. The van der Waals surface area contributed by atoms with Crippen molar-refractivity contribution >= 4 is 57.8 Å². The normalized spacial score (nSPS) is 16.2. The van der Waals surface area contributed by atoms with Gasteiger partial charge >= 0.3 is 0 Å².